The number of aromatic nitrogens is 2. The second kappa shape index (κ2) is 8.48. The summed E-state index contributed by atoms with van der Waals surface area (Å²) < 4.78 is 7.26. The standard InChI is InChI=1S/C26H28N4O3/c1-17(2)28-16-14-27-26(28)25(32)22-23(19-9-11-20(33-3)12-10-19)29-15-13-21(31)30(29)24(22)18-7-5-4-6-8-18/h4-12,14,16-17,22-24H,13,15H2,1-3H3/t22-,23+,24+/m1/s1. The Kier molecular flexibility index (Phi) is 5.50. The number of benzene rings is 2. The van der Waals surface area contributed by atoms with Crippen LogP contribution in [0.5, 0.6) is 5.75 Å². The summed E-state index contributed by atoms with van der Waals surface area (Å²) in [7, 11) is 1.63. The van der Waals surface area contributed by atoms with Gasteiger partial charge in [0, 0.05) is 31.4 Å². The minimum Gasteiger partial charge on any atom is -0.497 e. The van der Waals surface area contributed by atoms with Gasteiger partial charge in [-0.25, -0.2) is 9.99 Å². The molecule has 0 N–H and O–H groups in total. The monoisotopic (exact) mass is 444 g/mol. The summed E-state index contributed by atoms with van der Waals surface area (Å²) in [6, 6.07) is 17.1. The van der Waals surface area contributed by atoms with E-state index in [9.17, 15) is 9.59 Å². The summed E-state index contributed by atoms with van der Waals surface area (Å²) in [6.07, 6.45) is 3.96. The molecule has 2 saturated heterocycles. The fraction of sp³-hybridized carbons (Fsp3) is 0.346. The van der Waals surface area contributed by atoms with Crippen LogP contribution in [-0.4, -0.2) is 44.9 Å². The third-order valence-corrected chi connectivity index (χ3v) is 6.70. The van der Waals surface area contributed by atoms with Crippen LogP contribution in [0, 0.1) is 5.92 Å². The van der Waals surface area contributed by atoms with E-state index < -0.39 is 12.0 Å². The smallest absolute Gasteiger partial charge is 0.238 e. The van der Waals surface area contributed by atoms with E-state index in [1.165, 1.54) is 0 Å². The van der Waals surface area contributed by atoms with Crippen LogP contribution in [0.2, 0.25) is 0 Å². The molecule has 0 aliphatic carbocycles. The Labute approximate surface area is 193 Å². The molecule has 0 saturated carbocycles. The minimum atomic E-state index is -0.495. The number of Topliss-reactive ketones (excluding diaryl/α,β-unsaturated/α-hetero) is 1. The Morgan fingerprint density at radius 3 is 2.39 bits per heavy atom. The van der Waals surface area contributed by atoms with Crippen LogP contribution in [0.15, 0.2) is 67.0 Å². The van der Waals surface area contributed by atoms with E-state index in [0.29, 0.717) is 18.8 Å². The summed E-state index contributed by atoms with van der Waals surface area (Å²) in [5.74, 6) is 0.689. The molecule has 5 rings (SSSR count). The predicted molar refractivity (Wildman–Crippen MR) is 124 cm³/mol. The summed E-state index contributed by atoms with van der Waals surface area (Å²) in [4.78, 5) is 31.7. The predicted octanol–water partition coefficient (Wildman–Crippen LogP) is 4.22. The van der Waals surface area contributed by atoms with Gasteiger partial charge in [-0.3, -0.25) is 14.6 Å². The normalized spacial score (nSPS) is 22.7. The first-order chi connectivity index (χ1) is 16.0. The summed E-state index contributed by atoms with van der Waals surface area (Å²) in [5, 5.41) is 3.89. The molecule has 1 aromatic heterocycles. The molecule has 170 valence electrons. The second-order valence-corrected chi connectivity index (χ2v) is 8.87. The van der Waals surface area contributed by atoms with Gasteiger partial charge in [0.15, 0.2) is 5.82 Å². The van der Waals surface area contributed by atoms with E-state index in [-0.39, 0.29) is 23.8 Å². The molecule has 0 radical (unpaired) electrons. The maximum atomic E-state index is 14.2. The lowest BCUT2D eigenvalue weighted by Crippen LogP contribution is -2.35. The van der Waals surface area contributed by atoms with E-state index in [4.69, 9.17) is 4.74 Å². The van der Waals surface area contributed by atoms with Gasteiger partial charge in [-0.1, -0.05) is 42.5 Å². The maximum absolute atomic E-state index is 14.2. The number of carbonyl (C=O) groups excluding carboxylic acids is 2. The molecule has 0 spiro atoms. The zero-order chi connectivity index (χ0) is 23.1. The number of rotatable bonds is 6. The highest BCUT2D eigenvalue weighted by molar-refractivity contribution is 5.97. The zero-order valence-electron chi connectivity index (χ0n) is 19.1. The number of ether oxygens (including phenoxy) is 1. The van der Waals surface area contributed by atoms with Gasteiger partial charge in [-0.05, 0) is 37.1 Å². The number of ketones is 1. The van der Waals surface area contributed by atoms with Crippen molar-refractivity contribution in [3.8, 4) is 5.75 Å². The van der Waals surface area contributed by atoms with Crippen LogP contribution < -0.4 is 4.74 Å². The molecule has 3 heterocycles. The Hall–Kier alpha value is -3.45. The second-order valence-electron chi connectivity index (χ2n) is 8.87. The van der Waals surface area contributed by atoms with Crippen molar-refractivity contribution in [3.05, 3.63) is 83.9 Å². The lowest BCUT2D eigenvalue weighted by atomic mass is 9.81. The third kappa shape index (κ3) is 3.53. The number of amides is 1. The number of methoxy groups -OCH3 is 1. The molecule has 33 heavy (non-hydrogen) atoms. The third-order valence-electron chi connectivity index (χ3n) is 6.70. The van der Waals surface area contributed by atoms with Crippen LogP contribution in [-0.2, 0) is 4.79 Å². The molecular weight excluding hydrogens is 416 g/mol. The van der Waals surface area contributed by atoms with Gasteiger partial charge in [0.2, 0.25) is 11.7 Å². The maximum Gasteiger partial charge on any atom is 0.238 e. The lowest BCUT2D eigenvalue weighted by molar-refractivity contribution is -0.138. The Morgan fingerprint density at radius 1 is 1.03 bits per heavy atom. The number of fused-ring (bicyclic) bond motifs is 1. The number of carbonyl (C=O) groups is 2. The molecule has 0 unspecified atom stereocenters. The molecular formula is C26H28N4O3. The van der Waals surface area contributed by atoms with Crippen molar-refractivity contribution in [2.75, 3.05) is 13.7 Å². The Morgan fingerprint density at radius 2 is 1.73 bits per heavy atom. The molecule has 2 fully saturated rings. The van der Waals surface area contributed by atoms with Gasteiger partial charge in [0.1, 0.15) is 5.75 Å². The lowest BCUT2D eigenvalue weighted by Gasteiger charge is -2.27. The first kappa shape index (κ1) is 21.4. The number of hydrogen-bond donors (Lipinski definition) is 0. The minimum absolute atomic E-state index is 0.0462. The Bertz CT molecular complexity index is 1160. The van der Waals surface area contributed by atoms with Crippen LogP contribution in [0.25, 0.3) is 0 Å². The van der Waals surface area contributed by atoms with Crippen molar-refractivity contribution < 1.29 is 14.3 Å². The number of imidazole rings is 1. The fourth-order valence-electron chi connectivity index (χ4n) is 5.21. The fourth-order valence-corrected chi connectivity index (χ4v) is 5.21. The van der Waals surface area contributed by atoms with Crippen molar-refractivity contribution in [2.24, 2.45) is 5.92 Å². The summed E-state index contributed by atoms with van der Waals surface area (Å²) in [5.41, 5.74) is 1.93. The molecule has 7 nitrogen and oxygen atoms in total. The first-order valence-electron chi connectivity index (χ1n) is 11.4. The molecule has 0 bridgehead atoms. The molecule has 7 heteroatoms. The molecule has 2 aromatic carbocycles. The van der Waals surface area contributed by atoms with E-state index in [1.807, 2.05) is 84.2 Å². The van der Waals surface area contributed by atoms with E-state index >= 15 is 0 Å². The van der Waals surface area contributed by atoms with Gasteiger partial charge in [0.25, 0.3) is 0 Å². The van der Waals surface area contributed by atoms with Crippen molar-refractivity contribution in [1.82, 2.24) is 19.6 Å². The molecule has 3 aromatic rings. The molecule has 2 aliphatic heterocycles. The SMILES string of the molecule is COc1ccc([C@H]2[C@@H](C(=O)c3nccn3C(C)C)[C@H](c3ccccc3)N3C(=O)CCN23)cc1. The van der Waals surface area contributed by atoms with E-state index in [2.05, 4.69) is 9.99 Å². The highest BCUT2D eigenvalue weighted by atomic mass is 16.5. The van der Waals surface area contributed by atoms with Gasteiger partial charge in [0.05, 0.1) is 25.1 Å². The topological polar surface area (TPSA) is 67.7 Å². The molecule has 2 aliphatic rings. The number of hydrogen-bond acceptors (Lipinski definition) is 5. The summed E-state index contributed by atoms with van der Waals surface area (Å²) in [6.45, 7) is 4.66. The van der Waals surface area contributed by atoms with Crippen LogP contribution in [0.4, 0.5) is 0 Å². The van der Waals surface area contributed by atoms with Crippen molar-refractivity contribution in [3.63, 3.8) is 0 Å². The van der Waals surface area contributed by atoms with Crippen LogP contribution in [0.3, 0.4) is 0 Å². The van der Waals surface area contributed by atoms with Crippen molar-refractivity contribution >= 4 is 11.7 Å². The zero-order valence-corrected chi connectivity index (χ0v) is 19.1. The van der Waals surface area contributed by atoms with Gasteiger partial charge >= 0.3 is 0 Å². The number of nitrogens with zero attached hydrogens (tertiary/aromatic N) is 4. The van der Waals surface area contributed by atoms with Gasteiger partial charge < -0.3 is 9.30 Å². The van der Waals surface area contributed by atoms with Crippen LogP contribution >= 0.6 is 0 Å². The van der Waals surface area contributed by atoms with Crippen molar-refractivity contribution in [2.45, 2.75) is 38.4 Å². The quantitative estimate of drug-likeness (QED) is 0.533. The summed E-state index contributed by atoms with van der Waals surface area (Å²) >= 11 is 0. The van der Waals surface area contributed by atoms with Crippen molar-refractivity contribution in [1.29, 1.82) is 0 Å². The van der Waals surface area contributed by atoms with Gasteiger partial charge in [-0.2, -0.15) is 0 Å². The average molecular weight is 445 g/mol. The van der Waals surface area contributed by atoms with Gasteiger partial charge in [-0.15, -0.1) is 0 Å². The largest absolute Gasteiger partial charge is 0.497 e. The first-order valence-corrected chi connectivity index (χ1v) is 11.4. The van der Waals surface area contributed by atoms with E-state index in [1.54, 1.807) is 13.3 Å². The van der Waals surface area contributed by atoms with Crippen LogP contribution in [0.1, 0.15) is 60.1 Å². The van der Waals surface area contributed by atoms with E-state index in [0.717, 1.165) is 16.9 Å². The average Bonchev–Trinajstić information content (AvgIpc) is 3.55. The highest BCUT2D eigenvalue weighted by Gasteiger charge is 2.56. The number of hydrazine groups is 1. The molecule has 1 amide bonds. The molecule has 3 atom stereocenters. The highest BCUT2D eigenvalue weighted by Crippen LogP contribution is 2.52. The Balaban J connectivity index is 1.67.